The Balaban J connectivity index is 3.73. The molecule has 0 rings (SSSR count). The highest BCUT2D eigenvalue weighted by Gasteiger charge is 2.14. The van der Waals surface area contributed by atoms with Crippen LogP contribution in [0.2, 0.25) is 0 Å². The molecule has 14 heavy (non-hydrogen) atoms. The fraction of sp³-hybridized carbons (Fsp3) is 0.800. The minimum absolute atomic E-state index is 0.0655. The third-order valence-corrected chi connectivity index (χ3v) is 2.05. The third-order valence-electron chi connectivity index (χ3n) is 2.05. The molecule has 0 aromatic carbocycles. The normalized spacial score (nSPS) is 12.6. The molecule has 0 aliphatic heterocycles. The summed E-state index contributed by atoms with van der Waals surface area (Å²) in [5, 5.41) is 2.68. The van der Waals surface area contributed by atoms with E-state index in [0.29, 0.717) is 13.0 Å². The molecule has 1 amide bonds. The van der Waals surface area contributed by atoms with Gasteiger partial charge in [0, 0.05) is 6.42 Å². The van der Waals surface area contributed by atoms with E-state index in [1.807, 2.05) is 13.8 Å². The Hall–Kier alpha value is -0.900. The Morgan fingerprint density at radius 1 is 1.43 bits per heavy atom. The van der Waals surface area contributed by atoms with Crippen molar-refractivity contribution < 1.29 is 9.59 Å². The van der Waals surface area contributed by atoms with Crippen LogP contribution in [0, 0.1) is 5.92 Å². The molecule has 3 N–H and O–H groups in total. The molecule has 0 unspecified atom stereocenters. The Morgan fingerprint density at radius 3 is 2.50 bits per heavy atom. The van der Waals surface area contributed by atoms with Gasteiger partial charge in [0.25, 0.3) is 0 Å². The molecule has 0 spiro atoms. The molecule has 0 radical (unpaired) electrons. The summed E-state index contributed by atoms with van der Waals surface area (Å²) in [5.74, 6) is 0.0789. The number of carbonyl (C=O) groups excluding carboxylic acids is 2. The Bertz CT molecular complexity index is 181. The Labute approximate surface area is 85.2 Å². The van der Waals surface area contributed by atoms with Gasteiger partial charge in [-0.15, -0.1) is 0 Å². The SMILES string of the molecule is CC(C)[C@H](C=O)NC(=O)CCCCN. The quantitative estimate of drug-likeness (QED) is 0.463. The smallest absolute Gasteiger partial charge is 0.220 e. The highest BCUT2D eigenvalue weighted by Crippen LogP contribution is 2.00. The molecule has 0 heterocycles. The second kappa shape index (κ2) is 7.50. The zero-order chi connectivity index (χ0) is 11.0. The fourth-order valence-electron chi connectivity index (χ4n) is 1.05. The third kappa shape index (κ3) is 5.70. The van der Waals surface area contributed by atoms with Crippen LogP contribution in [0.4, 0.5) is 0 Å². The van der Waals surface area contributed by atoms with Crippen LogP contribution in [0.1, 0.15) is 33.1 Å². The highest BCUT2D eigenvalue weighted by molar-refractivity contribution is 5.79. The second-order valence-corrected chi connectivity index (χ2v) is 3.72. The molecule has 4 heteroatoms. The van der Waals surface area contributed by atoms with Crippen molar-refractivity contribution >= 4 is 12.2 Å². The van der Waals surface area contributed by atoms with E-state index >= 15 is 0 Å². The number of rotatable bonds is 7. The standard InChI is InChI=1S/C10H20N2O2/c1-8(2)9(7-13)12-10(14)5-3-4-6-11/h7-9H,3-6,11H2,1-2H3,(H,12,14)/t9-/m0/s1. The van der Waals surface area contributed by atoms with Crippen molar-refractivity contribution in [2.24, 2.45) is 11.7 Å². The van der Waals surface area contributed by atoms with Crippen LogP contribution in [-0.2, 0) is 9.59 Å². The van der Waals surface area contributed by atoms with Gasteiger partial charge in [0.1, 0.15) is 6.29 Å². The van der Waals surface area contributed by atoms with E-state index in [-0.39, 0.29) is 17.9 Å². The van der Waals surface area contributed by atoms with Crippen LogP contribution in [0.3, 0.4) is 0 Å². The highest BCUT2D eigenvalue weighted by atomic mass is 16.2. The lowest BCUT2D eigenvalue weighted by Gasteiger charge is -2.15. The lowest BCUT2D eigenvalue weighted by Crippen LogP contribution is -2.39. The topological polar surface area (TPSA) is 72.2 Å². The van der Waals surface area contributed by atoms with Crippen LogP contribution >= 0.6 is 0 Å². The summed E-state index contributed by atoms with van der Waals surface area (Å²) in [6.45, 7) is 4.41. The number of aldehydes is 1. The average molecular weight is 200 g/mol. The summed E-state index contributed by atoms with van der Waals surface area (Å²) in [7, 11) is 0. The largest absolute Gasteiger partial charge is 0.346 e. The minimum Gasteiger partial charge on any atom is -0.346 e. The van der Waals surface area contributed by atoms with E-state index in [2.05, 4.69) is 5.32 Å². The summed E-state index contributed by atoms with van der Waals surface area (Å²) >= 11 is 0. The second-order valence-electron chi connectivity index (χ2n) is 3.72. The van der Waals surface area contributed by atoms with Crippen molar-refractivity contribution in [2.45, 2.75) is 39.2 Å². The van der Waals surface area contributed by atoms with E-state index < -0.39 is 0 Å². The zero-order valence-electron chi connectivity index (χ0n) is 8.95. The molecule has 4 nitrogen and oxygen atoms in total. The Kier molecular flexibility index (Phi) is 7.02. The maximum Gasteiger partial charge on any atom is 0.220 e. The first kappa shape index (κ1) is 13.1. The first-order valence-electron chi connectivity index (χ1n) is 5.06. The molecular weight excluding hydrogens is 180 g/mol. The summed E-state index contributed by atoms with van der Waals surface area (Å²) in [6, 6.07) is -0.361. The number of carbonyl (C=O) groups is 2. The van der Waals surface area contributed by atoms with Gasteiger partial charge in [0.05, 0.1) is 6.04 Å². The van der Waals surface area contributed by atoms with E-state index in [4.69, 9.17) is 5.73 Å². The monoisotopic (exact) mass is 200 g/mol. The number of nitrogens with two attached hydrogens (primary N) is 1. The maximum atomic E-state index is 11.3. The van der Waals surface area contributed by atoms with Gasteiger partial charge < -0.3 is 15.8 Å². The van der Waals surface area contributed by atoms with Crippen LogP contribution in [0.5, 0.6) is 0 Å². The molecule has 0 saturated carbocycles. The minimum atomic E-state index is -0.361. The van der Waals surface area contributed by atoms with Crippen molar-refractivity contribution in [1.82, 2.24) is 5.32 Å². The van der Waals surface area contributed by atoms with Gasteiger partial charge in [-0.1, -0.05) is 13.8 Å². The van der Waals surface area contributed by atoms with Crippen molar-refractivity contribution in [3.05, 3.63) is 0 Å². The summed E-state index contributed by atoms with van der Waals surface area (Å²) < 4.78 is 0. The van der Waals surface area contributed by atoms with Gasteiger partial charge >= 0.3 is 0 Å². The van der Waals surface area contributed by atoms with E-state index in [1.54, 1.807) is 0 Å². The number of hydrogen-bond donors (Lipinski definition) is 2. The molecule has 1 atom stereocenters. The van der Waals surface area contributed by atoms with Crippen molar-refractivity contribution in [1.29, 1.82) is 0 Å². The molecule has 0 aliphatic carbocycles. The molecule has 0 aromatic rings. The fourth-order valence-corrected chi connectivity index (χ4v) is 1.05. The predicted octanol–water partition coefficient (Wildman–Crippen LogP) is 0.455. The summed E-state index contributed by atoms with van der Waals surface area (Å²) in [5.41, 5.74) is 5.30. The van der Waals surface area contributed by atoms with Gasteiger partial charge in [-0.05, 0) is 25.3 Å². The molecule has 0 saturated heterocycles. The summed E-state index contributed by atoms with van der Waals surface area (Å²) in [4.78, 5) is 21.9. The molecule has 0 bridgehead atoms. The summed E-state index contributed by atoms with van der Waals surface area (Å²) in [6.07, 6.45) is 2.87. The van der Waals surface area contributed by atoms with Crippen LogP contribution in [-0.4, -0.2) is 24.8 Å². The molecule has 82 valence electrons. The van der Waals surface area contributed by atoms with Gasteiger partial charge in [-0.25, -0.2) is 0 Å². The average Bonchev–Trinajstić information content (AvgIpc) is 2.14. The Morgan fingerprint density at radius 2 is 2.07 bits per heavy atom. The van der Waals surface area contributed by atoms with Gasteiger partial charge in [-0.2, -0.15) is 0 Å². The van der Waals surface area contributed by atoms with Gasteiger partial charge in [-0.3, -0.25) is 4.79 Å². The maximum absolute atomic E-state index is 11.3. The van der Waals surface area contributed by atoms with Crippen molar-refractivity contribution in [2.75, 3.05) is 6.54 Å². The van der Waals surface area contributed by atoms with Gasteiger partial charge in [0.2, 0.25) is 5.91 Å². The first-order valence-corrected chi connectivity index (χ1v) is 5.06. The number of amides is 1. The van der Waals surface area contributed by atoms with Gasteiger partial charge in [0.15, 0.2) is 0 Å². The number of hydrogen-bond acceptors (Lipinski definition) is 3. The lowest BCUT2D eigenvalue weighted by molar-refractivity contribution is -0.124. The zero-order valence-corrected chi connectivity index (χ0v) is 8.95. The van der Waals surface area contributed by atoms with Crippen molar-refractivity contribution in [3.63, 3.8) is 0 Å². The van der Waals surface area contributed by atoms with E-state index in [0.717, 1.165) is 19.1 Å². The van der Waals surface area contributed by atoms with Crippen LogP contribution in [0.15, 0.2) is 0 Å². The lowest BCUT2D eigenvalue weighted by atomic mass is 10.1. The first-order chi connectivity index (χ1) is 6.61. The molecule has 0 aliphatic rings. The molecular formula is C10H20N2O2. The van der Waals surface area contributed by atoms with Crippen LogP contribution in [0.25, 0.3) is 0 Å². The number of unbranched alkanes of at least 4 members (excludes halogenated alkanes) is 1. The molecule has 0 aromatic heterocycles. The number of nitrogens with one attached hydrogen (secondary N) is 1. The van der Waals surface area contributed by atoms with E-state index in [9.17, 15) is 9.59 Å². The predicted molar refractivity (Wildman–Crippen MR) is 55.7 cm³/mol. The molecule has 0 fully saturated rings. The van der Waals surface area contributed by atoms with E-state index in [1.165, 1.54) is 0 Å². The van der Waals surface area contributed by atoms with Crippen LogP contribution < -0.4 is 11.1 Å². The van der Waals surface area contributed by atoms with Crippen molar-refractivity contribution in [3.8, 4) is 0 Å².